The van der Waals surface area contributed by atoms with Gasteiger partial charge in [-0.25, -0.2) is 4.18 Å². The lowest BCUT2D eigenvalue weighted by Crippen LogP contribution is -2.60. The molecule has 0 aromatic carbocycles. The van der Waals surface area contributed by atoms with Crippen LogP contribution in [-0.2, 0) is 38.3 Å². The first-order chi connectivity index (χ1) is 28.1. The lowest BCUT2D eigenvalue weighted by molar-refractivity contribution is -0.301. The zero-order valence-corrected chi connectivity index (χ0v) is 36.4. The molecule has 0 aromatic rings. The van der Waals surface area contributed by atoms with E-state index in [9.17, 15) is 28.5 Å². The largest absolute Gasteiger partial charge is 0.457 e. The van der Waals surface area contributed by atoms with Crippen molar-refractivity contribution in [1.82, 2.24) is 0 Å². The minimum Gasteiger partial charge on any atom is -0.457 e. The van der Waals surface area contributed by atoms with E-state index in [0.717, 1.165) is 89.9 Å². The van der Waals surface area contributed by atoms with Crippen molar-refractivity contribution in [3.8, 4) is 0 Å². The van der Waals surface area contributed by atoms with Crippen LogP contribution in [0.15, 0.2) is 60.8 Å². The molecule has 4 N–H and O–H groups in total. The van der Waals surface area contributed by atoms with E-state index >= 15 is 0 Å². The molecule has 13 heteroatoms. The molecule has 0 radical (unpaired) electrons. The summed E-state index contributed by atoms with van der Waals surface area (Å²) < 4.78 is 59.0. The van der Waals surface area contributed by atoms with E-state index < -0.39 is 59.8 Å². The molecule has 336 valence electrons. The summed E-state index contributed by atoms with van der Waals surface area (Å²) in [4.78, 5) is 12.8. The van der Waals surface area contributed by atoms with Gasteiger partial charge in [0.2, 0.25) is 0 Å². The Morgan fingerprint density at radius 2 is 1.19 bits per heavy atom. The van der Waals surface area contributed by atoms with Crippen molar-refractivity contribution in [2.24, 2.45) is 0 Å². The van der Waals surface area contributed by atoms with Gasteiger partial charge in [-0.1, -0.05) is 132 Å². The summed E-state index contributed by atoms with van der Waals surface area (Å²) >= 11 is 0. The fourth-order valence-electron chi connectivity index (χ4n) is 6.30. The summed E-state index contributed by atoms with van der Waals surface area (Å²) in [5.74, 6) is -0.419. The van der Waals surface area contributed by atoms with Crippen LogP contribution in [0.2, 0.25) is 0 Å². The van der Waals surface area contributed by atoms with E-state index in [0.29, 0.717) is 13.0 Å². The van der Waals surface area contributed by atoms with Crippen LogP contribution >= 0.6 is 0 Å². The van der Waals surface area contributed by atoms with Gasteiger partial charge < -0.3 is 34.3 Å². The highest BCUT2D eigenvalue weighted by atomic mass is 32.3. The maximum Gasteiger partial charge on any atom is 0.397 e. The summed E-state index contributed by atoms with van der Waals surface area (Å²) in [6.07, 6.45) is 35.4. The molecule has 0 aromatic heterocycles. The highest BCUT2D eigenvalue weighted by Crippen LogP contribution is 2.26. The lowest BCUT2D eigenvalue weighted by Gasteiger charge is -2.41. The molecule has 0 saturated carbocycles. The second kappa shape index (κ2) is 36.6. The number of carbonyl (C=O) groups excluding carboxylic acids is 1. The quantitative estimate of drug-likeness (QED) is 0.0202. The summed E-state index contributed by atoms with van der Waals surface area (Å²) in [5.41, 5.74) is 0. The Hall–Kier alpha value is -2.20. The molecule has 0 spiro atoms. The Balaban J connectivity index is 2.47. The first-order valence-corrected chi connectivity index (χ1v) is 23.4. The Morgan fingerprint density at radius 3 is 1.74 bits per heavy atom. The molecule has 1 aliphatic heterocycles. The fourth-order valence-corrected chi connectivity index (χ4v) is 6.81. The number of allylic oxidation sites excluding steroid dienone is 10. The van der Waals surface area contributed by atoms with E-state index in [1.807, 2.05) is 0 Å². The third-order valence-corrected chi connectivity index (χ3v) is 10.1. The van der Waals surface area contributed by atoms with Gasteiger partial charge in [0.25, 0.3) is 0 Å². The van der Waals surface area contributed by atoms with Crippen molar-refractivity contribution < 1.29 is 56.2 Å². The summed E-state index contributed by atoms with van der Waals surface area (Å²) in [7, 11) is -5.07. The molecule has 1 fully saturated rings. The number of aliphatic hydroxyl groups is 3. The molecule has 0 bridgehead atoms. The van der Waals surface area contributed by atoms with Gasteiger partial charge in [0.15, 0.2) is 6.29 Å². The van der Waals surface area contributed by atoms with Gasteiger partial charge >= 0.3 is 16.4 Å². The van der Waals surface area contributed by atoms with Gasteiger partial charge in [-0.05, 0) is 77.0 Å². The molecule has 1 aliphatic rings. The first kappa shape index (κ1) is 53.8. The molecule has 58 heavy (non-hydrogen) atoms. The van der Waals surface area contributed by atoms with Crippen molar-refractivity contribution >= 4 is 16.4 Å². The number of hydrogen-bond donors (Lipinski definition) is 4. The van der Waals surface area contributed by atoms with E-state index in [4.69, 9.17) is 23.5 Å². The molecular formula is C45H78O12S. The zero-order chi connectivity index (χ0) is 42.5. The minimum absolute atomic E-state index is 0.0149. The van der Waals surface area contributed by atoms with Crippen LogP contribution in [-0.4, -0.2) is 97.5 Å². The summed E-state index contributed by atoms with van der Waals surface area (Å²) in [5, 5.41) is 30.6. The zero-order valence-electron chi connectivity index (χ0n) is 35.6. The predicted octanol–water partition coefficient (Wildman–Crippen LogP) is 8.96. The average molecular weight is 843 g/mol. The van der Waals surface area contributed by atoms with Crippen molar-refractivity contribution in [2.75, 3.05) is 26.4 Å². The molecule has 12 nitrogen and oxygen atoms in total. The van der Waals surface area contributed by atoms with Crippen molar-refractivity contribution in [2.45, 2.75) is 192 Å². The fraction of sp³-hybridized carbons (Fsp3) is 0.756. The second-order valence-corrected chi connectivity index (χ2v) is 15.9. The van der Waals surface area contributed by atoms with Gasteiger partial charge in [0, 0.05) is 13.0 Å². The van der Waals surface area contributed by atoms with Gasteiger partial charge in [-0.15, -0.1) is 0 Å². The smallest absolute Gasteiger partial charge is 0.397 e. The summed E-state index contributed by atoms with van der Waals surface area (Å²) in [6, 6.07) is 0. The lowest BCUT2D eigenvalue weighted by atomic mass is 9.99. The highest BCUT2D eigenvalue weighted by molar-refractivity contribution is 7.80. The standard InChI is InChI=1S/C45H78O12S/c1-3-5-7-9-11-13-15-17-19-20-21-22-24-26-28-30-32-34-41(47)55-39(37-53-35-33-31-29-27-25-23-18-16-14-12-10-8-6-4-2)38-54-45-43(49)44(57-58(50,51)52)42(48)40(36-46)56-45/h6,8,11-14,17-19,23,39-40,42-46,48-49H,3-5,7,9-10,15-16,20-22,24-38H2,1-2H3,(H,50,51,52)/b8-6-,13-11-,14-12-,19-17-,23-18-. The number of unbranched alkanes of at least 4 members (excludes halogenated alkanes) is 14. The van der Waals surface area contributed by atoms with Crippen LogP contribution in [0.4, 0.5) is 0 Å². The van der Waals surface area contributed by atoms with E-state index in [-0.39, 0.29) is 19.6 Å². The Kier molecular flexibility index (Phi) is 34.0. The molecular weight excluding hydrogens is 765 g/mol. The topological polar surface area (TPSA) is 178 Å². The van der Waals surface area contributed by atoms with Gasteiger partial charge in [-0.2, -0.15) is 8.42 Å². The van der Waals surface area contributed by atoms with Crippen LogP contribution < -0.4 is 0 Å². The molecule has 6 atom stereocenters. The van der Waals surface area contributed by atoms with E-state index in [2.05, 4.69) is 78.8 Å². The van der Waals surface area contributed by atoms with Gasteiger partial charge in [0.1, 0.15) is 30.5 Å². The first-order valence-electron chi connectivity index (χ1n) is 22.0. The minimum atomic E-state index is -5.07. The average Bonchev–Trinajstić information content (AvgIpc) is 3.19. The number of ether oxygens (including phenoxy) is 4. The normalized spacial score (nSPS) is 21.1. The molecule has 1 heterocycles. The maximum atomic E-state index is 12.8. The number of rotatable bonds is 37. The van der Waals surface area contributed by atoms with E-state index in [1.165, 1.54) is 38.5 Å². The van der Waals surface area contributed by atoms with Crippen LogP contribution in [0.25, 0.3) is 0 Å². The van der Waals surface area contributed by atoms with E-state index in [1.54, 1.807) is 0 Å². The van der Waals surface area contributed by atoms with Crippen molar-refractivity contribution in [3.05, 3.63) is 60.8 Å². The predicted molar refractivity (Wildman–Crippen MR) is 229 cm³/mol. The SMILES string of the molecule is CC/C=C\C/C=C\C/C=C\CCCCCCOCC(COC1OC(CO)C(O)C(OS(=O)(=O)O)C1O)OC(=O)CCCCCCCCC/C=C\C/C=C\CCCCC. The molecule has 0 amide bonds. The third kappa shape index (κ3) is 29.9. The Morgan fingerprint density at radius 1 is 0.672 bits per heavy atom. The number of carbonyl (C=O) groups is 1. The number of esters is 1. The molecule has 0 aliphatic carbocycles. The highest BCUT2D eigenvalue weighted by Gasteiger charge is 2.48. The van der Waals surface area contributed by atoms with Crippen LogP contribution in [0.5, 0.6) is 0 Å². The Bertz CT molecular complexity index is 1250. The third-order valence-electron chi connectivity index (χ3n) is 9.62. The maximum absolute atomic E-state index is 12.8. The molecule has 1 saturated heterocycles. The van der Waals surface area contributed by atoms with Crippen molar-refractivity contribution in [1.29, 1.82) is 0 Å². The van der Waals surface area contributed by atoms with Gasteiger partial charge in [0.05, 0.1) is 19.8 Å². The molecule has 6 unspecified atom stereocenters. The monoisotopic (exact) mass is 843 g/mol. The van der Waals surface area contributed by atoms with Crippen LogP contribution in [0.1, 0.15) is 155 Å². The molecule has 1 rings (SSSR count). The van der Waals surface area contributed by atoms with Crippen LogP contribution in [0.3, 0.4) is 0 Å². The Labute approximate surface area is 350 Å². The van der Waals surface area contributed by atoms with Gasteiger partial charge in [-0.3, -0.25) is 9.35 Å². The number of hydrogen-bond acceptors (Lipinski definition) is 11. The van der Waals surface area contributed by atoms with Crippen LogP contribution in [0, 0.1) is 0 Å². The second-order valence-electron chi connectivity index (χ2n) is 14.9. The number of aliphatic hydroxyl groups excluding tert-OH is 3. The summed E-state index contributed by atoms with van der Waals surface area (Å²) in [6.45, 7) is 3.77. The van der Waals surface area contributed by atoms with Crippen molar-refractivity contribution in [3.63, 3.8) is 0 Å².